The summed E-state index contributed by atoms with van der Waals surface area (Å²) >= 11 is 0. The van der Waals surface area contributed by atoms with Gasteiger partial charge < -0.3 is 61.7 Å². The summed E-state index contributed by atoms with van der Waals surface area (Å²) in [5.74, 6) is 0. The first-order valence-electron chi connectivity index (χ1n) is 6.12. The molecule has 130 valence electrons. The van der Waals surface area contributed by atoms with E-state index in [9.17, 15) is 0 Å². The third-order valence-electron chi connectivity index (χ3n) is 2.50. The lowest BCUT2D eigenvalue weighted by Crippen LogP contribution is -2.68. The standard InChI is InChI=1S/O15Si10/c1-16-6-18-2-19-7-17(1)9-21-3-20(8-16)12-24-5-25(13-21)15-23(11-19)4-22(10-18)14-24. The Morgan fingerprint density at radius 2 is 0.240 bits per heavy atom. The van der Waals surface area contributed by atoms with Crippen molar-refractivity contribution in [2.75, 3.05) is 0 Å². The van der Waals surface area contributed by atoms with Gasteiger partial charge in [-0.3, -0.25) is 0 Å². The summed E-state index contributed by atoms with van der Waals surface area (Å²) in [6.45, 7) is 0. The van der Waals surface area contributed by atoms with Crippen LogP contribution in [-0.2, 0) is 61.7 Å². The van der Waals surface area contributed by atoms with Crippen molar-refractivity contribution < 1.29 is 61.7 Å². The molecule has 0 atom stereocenters. The van der Waals surface area contributed by atoms with Crippen LogP contribution in [0.15, 0.2) is 0 Å². The molecule has 5 aliphatic heterocycles. The molecule has 5 fully saturated rings. The summed E-state index contributed by atoms with van der Waals surface area (Å²) < 4.78 is 85.4. The second-order valence-corrected chi connectivity index (χ2v) is 21.3. The number of hydrogen-bond acceptors (Lipinski definition) is 15. The van der Waals surface area contributed by atoms with Crippen LogP contribution >= 0.6 is 0 Å². The Hall–Kier alpha value is 1.57. The van der Waals surface area contributed by atoms with E-state index in [4.69, 9.17) is 61.7 Å². The second-order valence-electron chi connectivity index (χ2n) is 4.03. The molecule has 0 aromatic rings. The van der Waals surface area contributed by atoms with E-state index < -0.39 is 95.3 Å². The number of fused-ring (bicyclic) bond motifs is 10. The number of hydrogen-bond donors (Lipinski definition) is 0. The predicted octanol–water partition coefficient (Wildman–Crippen LogP) is -4.83. The molecule has 25 heavy (non-hydrogen) atoms. The fraction of sp³-hybridized carbons (Fsp3) is 0. The van der Waals surface area contributed by atoms with E-state index in [-0.39, 0.29) is 0 Å². The van der Waals surface area contributed by atoms with Crippen molar-refractivity contribution in [2.45, 2.75) is 0 Å². The summed E-state index contributed by atoms with van der Waals surface area (Å²) in [5, 5.41) is 0. The van der Waals surface area contributed by atoms with Crippen LogP contribution < -0.4 is 0 Å². The van der Waals surface area contributed by atoms with E-state index in [1.165, 1.54) is 0 Å². The summed E-state index contributed by atoms with van der Waals surface area (Å²) in [4.78, 5) is 0. The highest BCUT2D eigenvalue weighted by Gasteiger charge is 2.61. The molecule has 10 bridgehead atoms. The highest BCUT2D eigenvalue weighted by Crippen LogP contribution is 2.25. The van der Waals surface area contributed by atoms with E-state index in [1.807, 2.05) is 0 Å². The zero-order valence-electron chi connectivity index (χ0n) is 11.1. The summed E-state index contributed by atoms with van der Waals surface area (Å²) in [6, 6.07) is 0. The minimum atomic E-state index is -2.37. The molecule has 0 amide bonds. The largest absolute Gasteiger partial charge is 0.553 e. The molecule has 0 aromatic carbocycles. The van der Waals surface area contributed by atoms with Crippen molar-refractivity contribution >= 4 is 95.3 Å². The Morgan fingerprint density at radius 1 is 0.160 bits per heavy atom. The molecule has 5 aliphatic rings. The first kappa shape index (κ1) is 17.4. The smallest absolute Gasteiger partial charge is 0.369 e. The molecular formula is O15Si10. The van der Waals surface area contributed by atoms with E-state index in [1.54, 1.807) is 0 Å². The maximum absolute atomic E-state index is 5.72. The Labute approximate surface area is 157 Å². The van der Waals surface area contributed by atoms with Gasteiger partial charge in [0, 0.05) is 0 Å². The van der Waals surface area contributed by atoms with Gasteiger partial charge in [0.05, 0.1) is 0 Å². The molecule has 5 saturated heterocycles. The first-order chi connectivity index (χ1) is 12.2. The Bertz CT molecular complexity index is 354. The summed E-state index contributed by atoms with van der Waals surface area (Å²) in [6.07, 6.45) is 0. The molecule has 5 rings (SSSR count). The monoisotopic (exact) mass is 520 g/mol. The van der Waals surface area contributed by atoms with Gasteiger partial charge in [-0.25, -0.2) is 0 Å². The second kappa shape index (κ2) is 7.12. The first-order valence-corrected chi connectivity index (χ1v) is 18.4. The molecule has 0 aromatic heterocycles. The van der Waals surface area contributed by atoms with Gasteiger partial charge in [-0.1, -0.05) is 0 Å². The van der Waals surface area contributed by atoms with Crippen LogP contribution in [0.2, 0.25) is 0 Å². The van der Waals surface area contributed by atoms with Crippen molar-refractivity contribution in [3.8, 4) is 0 Å². The average molecular weight is 521 g/mol. The molecule has 10 radical (unpaired) electrons. The lowest BCUT2D eigenvalue weighted by atomic mass is 15.5. The Morgan fingerprint density at radius 3 is 0.320 bits per heavy atom. The normalized spacial score (nSPS) is 36.0. The van der Waals surface area contributed by atoms with Gasteiger partial charge in [0.25, 0.3) is 0 Å². The van der Waals surface area contributed by atoms with E-state index in [0.29, 0.717) is 0 Å². The fourth-order valence-corrected chi connectivity index (χ4v) is 26.1. The highest BCUT2D eigenvalue weighted by molar-refractivity contribution is 6.82. The molecule has 15 nitrogen and oxygen atoms in total. The lowest BCUT2D eigenvalue weighted by Gasteiger charge is -2.40. The molecule has 5 heterocycles. The van der Waals surface area contributed by atoms with Gasteiger partial charge in [-0.15, -0.1) is 0 Å². The molecular weight excluding hydrogens is 521 g/mol. The zero-order valence-corrected chi connectivity index (χ0v) is 21.1. The van der Waals surface area contributed by atoms with Crippen molar-refractivity contribution in [3.63, 3.8) is 0 Å². The quantitative estimate of drug-likeness (QED) is 0.282. The van der Waals surface area contributed by atoms with Crippen molar-refractivity contribution in [3.05, 3.63) is 0 Å². The third-order valence-corrected chi connectivity index (χ3v) is 22.5. The summed E-state index contributed by atoms with van der Waals surface area (Å²) in [7, 11) is -23.7. The lowest BCUT2D eigenvalue weighted by molar-refractivity contribution is 0.0419. The molecule has 0 aliphatic carbocycles. The molecule has 0 saturated carbocycles. The van der Waals surface area contributed by atoms with E-state index in [2.05, 4.69) is 0 Å². The number of rotatable bonds is 0. The summed E-state index contributed by atoms with van der Waals surface area (Å²) in [5.41, 5.74) is 0. The maximum atomic E-state index is 5.72. The molecule has 25 heteroatoms. The van der Waals surface area contributed by atoms with Gasteiger partial charge in [0.2, 0.25) is 0 Å². The molecule has 0 unspecified atom stereocenters. The topological polar surface area (TPSA) is 138 Å². The van der Waals surface area contributed by atoms with Crippen molar-refractivity contribution in [2.24, 2.45) is 0 Å². The Kier molecular flexibility index (Phi) is 4.96. The van der Waals surface area contributed by atoms with Crippen LogP contribution in [0, 0.1) is 0 Å². The minimum Gasteiger partial charge on any atom is -0.369 e. The van der Waals surface area contributed by atoms with Crippen LogP contribution in [0.25, 0.3) is 0 Å². The van der Waals surface area contributed by atoms with Crippen LogP contribution in [0.4, 0.5) is 0 Å². The van der Waals surface area contributed by atoms with Crippen LogP contribution in [0.5, 0.6) is 0 Å². The highest BCUT2D eigenvalue weighted by atomic mass is 28.6. The van der Waals surface area contributed by atoms with Gasteiger partial charge in [0.15, 0.2) is 0 Å². The maximum Gasteiger partial charge on any atom is 0.553 e. The van der Waals surface area contributed by atoms with Crippen LogP contribution in [0.3, 0.4) is 0 Å². The SMILES string of the molecule is O1[Si]2O[Si]3O[Si]4O[Si]1O[Si]1O[Si](O2)O[Si]2O[Si](O1)O[Si](O[Si](O3)O2)O4. The fourth-order valence-electron chi connectivity index (χ4n) is 1.65. The molecule has 0 N–H and O–H groups in total. The molecule has 0 spiro atoms. The van der Waals surface area contributed by atoms with Gasteiger partial charge in [-0.05, 0) is 0 Å². The average Bonchev–Trinajstić information content (AvgIpc) is 2.46. The van der Waals surface area contributed by atoms with Crippen molar-refractivity contribution in [1.82, 2.24) is 0 Å². The van der Waals surface area contributed by atoms with Crippen LogP contribution in [0.1, 0.15) is 0 Å². The van der Waals surface area contributed by atoms with Gasteiger partial charge in [0.1, 0.15) is 0 Å². The predicted molar refractivity (Wildman–Crippen MR) is 73.8 cm³/mol. The van der Waals surface area contributed by atoms with E-state index in [0.717, 1.165) is 0 Å². The van der Waals surface area contributed by atoms with Crippen LogP contribution in [-0.4, -0.2) is 95.3 Å². The Balaban J connectivity index is 1.45. The van der Waals surface area contributed by atoms with E-state index >= 15 is 0 Å². The van der Waals surface area contributed by atoms with Crippen molar-refractivity contribution in [1.29, 1.82) is 0 Å². The minimum absolute atomic E-state index is 2.37. The third kappa shape index (κ3) is 3.75. The zero-order chi connectivity index (χ0) is 16.4. The van der Waals surface area contributed by atoms with Gasteiger partial charge in [-0.2, -0.15) is 0 Å². The van der Waals surface area contributed by atoms with Gasteiger partial charge >= 0.3 is 95.3 Å².